The molecule has 1 aliphatic carbocycles. The van der Waals surface area contributed by atoms with Crippen molar-refractivity contribution in [3.8, 4) is 11.4 Å². The number of hydrogen-bond acceptors (Lipinski definition) is 3. The Bertz CT molecular complexity index is 946. The molecule has 0 atom stereocenters. The van der Waals surface area contributed by atoms with Gasteiger partial charge in [-0.25, -0.2) is 4.98 Å². The van der Waals surface area contributed by atoms with Crippen molar-refractivity contribution in [2.75, 3.05) is 26.2 Å². The summed E-state index contributed by atoms with van der Waals surface area (Å²) in [5.41, 5.74) is 3.72. The van der Waals surface area contributed by atoms with Crippen molar-refractivity contribution in [3.63, 3.8) is 0 Å². The van der Waals surface area contributed by atoms with Crippen LogP contribution in [0.4, 0.5) is 0 Å². The number of aromatic nitrogens is 2. The molecule has 2 aromatic carbocycles. The van der Waals surface area contributed by atoms with Gasteiger partial charge >= 0.3 is 0 Å². The number of nitrogens with zero attached hydrogens (tertiary/aromatic N) is 3. The SMILES string of the molecule is Cc1ccc(-c2ncc(CN3CCN(C4CCCC4)CC3)[nH]2)c2ccccc12. The van der Waals surface area contributed by atoms with Gasteiger partial charge in [-0.3, -0.25) is 9.80 Å². The molecule has 4 heteroatoms. The summed E-state index contributed by atoms with van der Waals surface area (Å²) >= 11 is 0. The van der Waals surface area contributed by atoms with Crippen LogP contribution in [0.25, 0.3) is 22.2 Å². The van der Waals surface area contributed by atoms with E-state index in [-0.39, 0.29) is 0 Å². The second-order valence-corrected chi connectivity index (χ2v) is 8.48. The third-order valence-corrected chi connectivity index (χ3v) is 6.67. The van der Waals surface area contributed by atoms with Crippen LogP contribution in [0, 0.1) is 6.92 Å². The largest absolute Gasteiger partial charge is 0.341 e. The number of H-pyrrole nitrogens is 1. The van der Waals surface area contributed by atoms with Gasteiger partial charge in [0.2, 0.25) is 0 Å². The molecule has 1 saturated carbocycles. The highest BCUT2D eigenvalue weighted by atomic mass is 15.3. The Hall–Kier alpha value is -2.17. The number of fused-ring (bicyclic) bond motifs is 1. The van der Waals surface area contributed by atoms with Crippen LogP contribution in [-0.2, 0) is 6.54 Å². The number of hydrogen-bond donors (Lipinski definition) is 1. The molecule has 146 valence electrons. The topological polar surface area (TPSA) is 35.2 Å². The molecular weight excluding hydrogens is 344 g/mol. The minimum absolute atomic E-state index is 0.857. The van der Waals surface area contributed by atoms with Crippen molar-refractivity contribution < 1.29 is 0 Å². The quantitative estimate of drug-likeness (QED) is 0.725. The fourth-order valence-corrected chi connectivity index (χ4v) is 5.03. The number of imidazole rings is 1. The van der Waals surface area contributed by atoms with Gasteiger partial charge in [0.25, 0.3) is 0 Å². The Balaban J connectivity index is 1.28. The Kier molecular flexibility index (Phi) is 4.91. The maximum Gasteiger partial charge on any atom is 0.138 e. The zero-order chi connectivity index (χ0) is 18.9. The van der Waals surface area contributed by atoms with Crippen LogP contribution >= 0.6 is 0 Å². The molecule has 4 nitrogen and oxygen atoms in total. The van der Waals surface area contributed by atoms with Gasteiger partial charge in [0.15, 0.2) is 0 Å². The van der Waals surface area contributed by atoms with Crippen molar-refractivity contribution >= 4 is 10.8 Å². The normalized spacial score (nSPS) is 19.6. The lowest BCUT2D eigenvalue weighted by Crippen LogP contribution is -2.49. The van der Waals surface area contributed by atoms with Crippen molar-refractivity contribution in [1.82, 2.24) is 19.8 Å². The van der Waals surface area contributed by atoms with Gasteiger partial charge in [0, 0.05) is 56.2 Å². The van der Waals surface area contributed by atoms with E-state index in [9.17, 15) is 0 Å². The van der Waals surface area contributed by atoms with Gasteiger partial charge in [-0.2, -0.15) is 0 Å². The van der Waals surface area contributed by atoms with E-state index >= 15 is 0 Å². The summed E-state index contributed by atoms with van der Waals surface area (Å²) in [6, 6.07) is 13.9. The first-order valence-corrected chi connectivity index (χ1v) is 10.8. The molecule has 1 N–H and O–H groups in total. The first-order valence-electron chi connectivity index (χ1n) is 10.8. The summed E-state index contributed by atoms with van der Waals surface area (Å²) in [6.45, 7) is 7.90. The zero-order valence-electron chi connectivity index (χ0n) is 16.8. The predicted octanol–water partition coefficient (Wildman–Crippen LogP) is 4.60. The molecule has 0 amide bonds. The van der Waals surface area contributed by atoms with Crippen molar-refractivity contribution in [1.29, 1.82) is 0 Å². The summed E-state index contributed by atoms with van der Waals surface area (Å²) in [5.74, 6) is 0.982. The monoisotopic (exact) mass is 374 g/mol. The van der Waals surface area contributed by atoms with E-state index in [0.717, 1.165) is 31.5 Å². The van der Waals surface area contributed by atoms with Gasteiger partial charge in [-0.1, -0.05) is 49.2 Å². The standard InChI is InChI=1S/C24H30N4/c1-18-10-11-23(22-9-5-4-8-21(18)22)24-25-16-19(26-24)17-27-12-14-28(15-13-27)20-6-2-3-7-20/h4-5,8-11,16,20H,2-3,6-7,12-15,17H2,1H3,(H,25,26). The molecular formula is C24H30N4. The van der Waals surface area contributed by atoms with E-state index in [1.165, 1.54) is 66.4 Å². The molecule has 0 bridgehead atoms. The van der Waals surface area contributed by atoms with Crippen LogP contribution in [0.5, 0.6) is 0 Å². The number of benzene rings is 2. The molecule has 0 spiro atoms. The number of rotatable bonds is 4. The molecule has 2 heterocycles. The van der Waals surface area contributed by atoms with Crippen LogP contribution < -0.4 is 0 Å². The Labute approximate surface area is 167 Å². The van der Waals surface area contributed by atoms with Gasteiger partial charge in [-0.15, -0.1) is 0 Å². The minimum atomic E-state index is 0.857. The van der Waals surface area contributed by atoms with E-state index in [4.69, 9.17) is 4.98 Å². The van der Waals surface area contributed by atoms with E-state index in [0.29, 0.717) is 0 Å². The smallest absolute Gasteiger partial charge is 0.138 e. The number of nitrogens with one attached hydrogen (secondary N) is 1. The lowest BCUT2D eigenvalue weighted by atomic mass is 10.00. The van der Waals surface area contributed by atoms with E-state index in [1.807, 2.05) is 6.20 Å². The maximum atomic E-state index is 4.72. The molecule has 3 aromatic rings. The Morgan fingerprint density at radius 3 is 2.50 bits per heavy atom. The van der Waals surface area contributed by atoms with Crippen LogP contribution in [-0.4, -0.2) is 52.0 Å². The number of piperazine rings is 1. The first-order chi connectivity index (χ1) is 13.8. The Morgan fingerprint density at radius 2 is 1.71 bits per heavy atom. The molecule has 2 aliphatic rings. The highest BCUT2D eigenvalue weighted by Crippen LogP contribution is 2.29. The number of aryl methyl sites for hydroxylation is 1. The molecule has 1 aliphatic heterocycles. The van der Waals surface area contributed by atoms with Crippen molar-refractivity contribution in [3.05, 3.63) is 53.9 Å². The fourth-order valence-electron chi connectivity index (χ4n) is 5.03. The van der Waals surface area contributed by atoms with Crippen LogP contribution in [0.3, 0.4) is 0 Å². The average molecular weight is 375 g/mol. The van der Waals surface area contributed by atoms with Crippen LogP contribution in [0.2, 0.25) is 0 Å². The minimum Gasteiger partial charge on any atom is -0.341 e. The highest BCUT2D eigenvalue weighted by molar-refractivity contribution is 5.97. The summed E-state index contributed by atoms with van der Waals surface area (Å²) in [4.78, 5) is 13.6. The first kappa shape index (κ1) is 17.9. The second kappa shape index (κ2) is 7.69. The van der Waals surface area contributed by atoms with Gasteiger partial charge in [0.05, 0.1) is 0 Å². The van der Waals surface area contributed by atoms with Gasteiger partial charge in [0.1, 0.15) is 5.82 Å². The average Bonchev–Trinajstić information content (AvgIpc) is 3.42. The molecule has 1 aromatic heterocycles. The summed E-state index contributed by atoms with van der Waals surface area (Å²) in [6.07, 6.45) is 7.70. The lowest BCUT2D eigenvalue weighted by molar-refractivity contribution is 0.0930. The fraction of sp³-hybridized carbons (Fsp3) is 0.458. The summed E-state index contributed by atoms with van der Waals surface area (Å²) in [5, 5.41) is 2.58. The molecule has 2 fully saturated rings. The summed E-state index contributed by atoms with van der Waals surface area (Å²) in [7, 11) is 0. The third-order valence-electron chi connectivity index (χ3n) is 6.67. The van der Waals surface area contributed by atoms with Crippen molar-refractivity contribution in [2.24, 2.45) is 0 Å². The van der Waals surface area contributed by atoms with Gasteiger partial charge in [-0.05, 0) is 36.1 Å². The molecule has 28 heavy (non-hydrogen) atoms. The van der Waals surface area contributed by atoms with Crippen LogP contribution in [0.15, 0.2) is 42.6 Å². The lowest BCUT2D eigenvalue weighted by Gasteiger charge is -2.37. The summed E-state index contributed by atoms with van der Waals surface area (Å²) < 4.78 is 0. The van der Waals surface area contributed by atoms with Crippen LogP contribution in [0.1, 0.15) is 36.9 Å². The third kappa shape index (κ3) is 3.47. The van der Waals surface area contributed by atoms with Gasteiger partial charge < -0.3 is 4.98 Å². The second-order valence-electron chi connectivity index (χ2n) is 8.48. The maximum absolute atomic E-state index is 4.72. The molecule has 0 radical (unpaired) electrons. The molecule has 5 rings (SSSR count). The highest BCUT2D eigenvalue weighted by Gasteiger charge is 2.26. The molecule has 0 unspecified atom stereocenters. The zero-order valence-corrected chi connectivity index (χ0v) is 16.8. The number of aromatic amines is 1. The van der Waals surface area contributed by atoms with Crippen molar-refractivity contribution in [2.45, 2.75) is 45.2 Å². The predicted molar refractivity (Wildman–Crippen MR) is 115 cm³/mol. The molecule has 1 saturated heterocycles. The van der Waals surface area contributed by atoms with E-state index in [2.05, 4.69) is 58.1 Å². The van der Waals surface area contributed by atoms with E-state index in [1.54, 1.807) is 0 Å². The Morgan fingerprint density at radius 1 is 0.964 bits per heavy atom. The van der Waals surface area contributed by atoms with E-state index < -0.39 is 0 Å².